The predicted octanol–water partition coefficient (Wildman–Crippen LogP) is 2.18. The molecule has 1 N–H and O–H groups in total. The highest BCUT2D eigenvalue weighted by atomic mass is 16.2. The van der Waals surface area contributed by atoms with E-state index < -0.39 is 0 Å². The molecule has 0 aliphatic carbocycles. The number of nitrogens with zero attached hydrogens (tertiary/aromatic N) is 3. The van der Waals surface area contributed by atoms with Crippen LogP contribution in [0.3, 0.4) is 0 Å². The van der Waals surface area contributed by atoms with E-state index >= 15 is 0 Å². The first-order valence-corrected chi connectivity index (χ1v) is 6.09. The van der Waals surface area contributed by atoms with Gasteiger partial charge in [0.2, 0.25) is 0 Å². The van der Waals surface area contributed by atoms with Crippen LogP contribution in [0.15, 0.2) is 43.0 Å². The first-order valence-electron chi connectivity index (χ1n) is 6.09. The van der Waals surface area contributed by atoms with Crippen molar-refractivity contribution in [1.82, 2.24) is 14.9 Å². The summed E-state index contributed by atoms with van der Waals surface area (Å²) in [5.41, 5.74) is 4.86. The number of hydrogen-bond acceptors (Lipinski definition) is 3. The number of aromatic nitrogens is 3. The van der Waals surface area contributed by atoms with Crippen LogP contribution in [0, 0.1) is 0 Å². The van der Waals surface area contributed by atoms with Crippen molar-refractivity contribution in [3.8, 4) is 0 Å². The Bertz CT molecular complexity index is 556. The molecular formula is C14H16N4O. The van der Waals surface area contributed by atoms with Crippen molar-refractivity contribution in [3.05, 3.63) is 54.1 Å². The summed E-state index contributed by atoms with van der Waals surface area (Å²) < 4.78 is 1.40. The fraction of sp³-hybridized carbons (Fsp3) is 0.214. The molecule has 0 saturated heterocycles. The molecule has 2 aromatic rings. The zero-order valence-corrected chi connectivity index (χ0v) is 10.9. The van der Waals surface area contributed by atoms with Crippen molar-refractivity contribution in [1.29, 1.82) is 0 Å². The molecule has 1 aromatic carbocycles. The normalized spacial score (nSPS) is 11.1. The molecule has 5 heteroatoms. The maximum atomic E-state index is 11.6. The van der Waals surface area contributed by atoms with Crippen LogP contribution in [0.4, 0.5) is 0 Å². The van der Waals surface area contributed by atoms with Crippen molar-refractivity contribution in [2.24, 2.45) is 0 Å². The molecule has 19 heavy (non-hydrogen) atoms. The lowest BCUT2D eigenvalue weighted by molar-refractivity contribution is -0.112. The highest BCUT2D eigenvalue weighted by molar-refractivity contribution is 5.97. The summed E-state index contributed by atoms with van der Waals surface area (Å²) in [4.78, 5) is 11.6. The van der Waals surface area contributed by atoms with Crippen molar-refractivity contribution >= 4 is 12.0 Å². The average molecular weight is 256 g/mol. The molecule has 98 valence electrons. The Morgan fingerprint density at radius 3 is 2.42 bits per heavy atom. The smallest absolute Gasteiger partial charge is 0.262 e. The molecule has 0 radical (unpaired) electrons. The molecule has 0 unspecified atom stereocenters. The summed E-state index contributed by atoms with van der Waals surface area (Å²) >= 11 is 0. The summed E-state index contributed by atoms with van der Waals surface area (Å²) in [7, 11) is 0. The van der Waals surface area contributed by atoms with Crippen molar-refractivity contribution < 1.29 is 4.79 Å². The highest BCUT2D eigenvalue weighted by Crippen LogP contribution is 2.15. The first-order chi connectivity index (χ1) is 9.15. The van der Waals surface area contributed by atoms with E-state index in [1.165, 1.54) is 29.0 Å². The SMILES string of the molecule is CC(C)c1ccc(/C=C/C(=O)Nn2cnnc2)cc1. The second-order valence-corrected chi connectivity index (χ2v) is 4.50. The van der Waals surface area contributed by atoms with Crippen LogP contribution in [0.2, 0.25) is 0 Å². The molecule has 1 amide bonds. The number of hydrogen-bond donors (Lipinski definition) is 1. The number of carbonyl (C=O) groups excluding carboxylic acids is 1. The number of amides is 1. The highest BCUT2D eigenvalue weighted by Gasteiger charge is 1.98. The molecule has 2 rings (SSSR count). The average Bonchev–Trinajstić information content (AvgIpc) is 2.89. The van der Waals surface area contributed by atoms with Gasteiger partial charge in [-0.2, -0.15) is 0 Å². The lowest BCUT2D eigenvalue weighted by atomic mass is 10.0. The van der Waals surface area contributed by atoms with Gasteiger partial charge < -0.3 is 0 Å². The minimum Gasteiger partial charge on any atom is -0.268 e. The van der Waals surface area contributed by atoms with Gasteiger partial charge in [-0.15, -0.1) is 10.2 Å². The van der Waals surface area contributed by atoms with Gasteiger partial charge in [-0.1, -0.05) is 38.1 Å². The Hall–Kier alpha value is -2.43. The van der Waals surface area contributed by atoms with Crippen LogP contribution in [-0.4, -0.2) is 20.8 Å². The van der Waals surface area contributed by atoms with E-state index in [9.17, 15) is 4.79 Å². The van der Waals surface area contributed by atoms with Crippen molar-refractivity contribution in [2.75, 3.05) is 5.43 Å². The van der Waals surface area contributed by atoms with Crippen LogP contribution in [0.1, 0.15) is 30.9 Å². The van der Waals surface area contributed by atoms with E-state index in [4.69, 9.17) is 0 Å². The van der Waals surface area contributed by atoms with Gasteiger partial charge in [-0.05, 0) is 23.1 Å². The van der Waals surface area contributed by atoms with Crippen molar-refractivity contribution in [2.45, 2.75) is 19.8 Å². The molecule has 1 heterocycles. The molecule has 0 fully saturated rings. The topological polar surface area (TPSA) is 59.8 Å². The molecule has 0 atom stereocenters. The monoisotopic (exact) mass is 256 g/mol. The van der Waals surface area contributed by atoms with Gasteiger partial charge in [0.25, 0.3) is 5.91 Å². The zero-order valence-electron chi connectivity index (χ0n) is 10.9. The van der Waals surface area contributed by atoms with Gasteiger partial charge in [-0.25, -0.2) is 4.68 Å². The fourth-order valence-electron chi connectivity index (χ4n) is 1.59. The van der Waals surface area contributed by atoms with E-state index in [1.807, 2.05) is 12.1 Å². The Morgan fingerprint density at radius 2 is 1.84 bits per heavy atom. The second kappa shape index (κ2) is 5.95. The molecule has 1 aromatic heterocycles. The van der Waals surface area contributed by atoms with E-state index in [1.54, 1.807) is 6.08 Å². The number of benzene rings is 1. The van der Waals surface area contributed by atoms with Crippen LogP contribution in [0.5, 0.6) is 0 Å². The summed E-state index contributed by atoms with van der Waals surface area (Å²) in [5, 5.41) is 7.19. The van der Waals surface area contributed by atoms with E-state index in [-0.39, 0.29) is 5.91 Å². The molecular weight excluding hydrogens is 240 g/mol. The maximum absolute atomic E-state index is 11.6. The summed E-state index contributed by atoms with van der Waals surface area (Å²) in [6.07, 6.45) is 6.08. The Morgan fingerprint density at radius 1 is 1.21 bits per heavy atom. The van der Waals surface area contributed by atoms with Crippen LogP contribution < -0.4 is 5.43 Å². The third kappa shape index (κ3) is 3.77. The molecule has 0 saturated carbocycles. The molecule has 0 bridgehead atoms. The second-order valence-electron chi connectivity index (χ2n) is 4.50. The van der Waals surface area contributed by atoms with Gasteiger partial charge in [0.15, 0.2) is 0 Å². The first kappa shape index (κ1) is 13.0. The Balaban J connectivity index is 1.96. The molecule has 0 aliphatic heterocycles. The van der Waals surface area contributed by atoms with E-state index in [0.29, 0.717) is 5.92 Å². The maximum Gasteiger partial charge on any atom is 0.262 e. The number of rotatable bonds is 4. The molecule has 0 aliphatic rings. The van der Waals surface area contributed by atoms with Gasteiger partial charge >= 0.3 is 0 Å². The van der Waals surface area contributed by atoms with Gasteiger partial charge in [0.05, 0.1) is 0 Å². The summed E-state index contributed by atoms with van der Waals surface area (Å²) in [5.74, 6) is 0.280. The summed E-state index contributed by atoms with van der Waals surface area (Å²) in [6, 6.07) is 8.14. The summed E-state index contributed by atoms with van der Waals surface area (Å²) in [6.45, 7) is 4.30. The van der Waals surface area contributed by atoms with Crippen molar-refractivity contribution in [3.63, 3.8) is 0 Å². The standard InChI is InChI=1S/C14H16N4O/c1-11(2)13-6-3-12(4-7-13)5-8-14(19)17-18-9-15-16-10-18/h3-11H,1-2H3,(H,17,19)/b8-5+. The largest absolute Gasteiger partial charge is 0.268 e. The lowest BCUT2D eigenvalue weighted by Crippen LogP contribution is -2.18. The minimum atomic E-state index is -0.229. The molecule has 5 nitrogen and oxygen atoms in total. The molecule has 0 spiro atoms. The van der Waals surface area contributed by atoms with Gasteiger partial charge in [0.1, 0.15) is 12.7 Å². The number of nitrogens with one attached hydrogen (secondary N) is 1. The van der Waals surface area contributed by atoms with Crippen LogP contribution in [0.25, 0.3) is 6.08 Å². The van der Waals surface area contributed by atoms with Crippen LogP contribution in [-0.2, 0) is 4.79 Å². The van der Waals surface area contributed by atoms with Crippen LogP contribution >= 0.6 is 0 Å². The lowest BCUT2D eigenvalue weighted by Gasteiger charge is -2.04. The van der Waals surface area contributed by atoms with E-state index in [0.717, 1.165) is 5.56 Å². The van der Waals surface area contributed by atoms with Gasteiger partial charge in [0, 0.05) is 6.08 Å². The fourth-order valence-corrected chi connectivity index (χ4v) is 1.59. The number of carbonyl (C=O) groups is 1. The zero-order chi connectivity index (χ0) is 13.7. The van der Waals surface area contributed by atoms with Gasteiger partial charge in [-0.3, -0.25) is 10.2 Å². The van der Waals surface area contributed by atoms with E-state index in [2.05, 4.69) is 41.6 Å². The Labute approximate surface area is 111 Å². The Kier molecular flexibility index (Phi) is 4.07. The minimum absolute atomic E-state index is 0.229. The predicted molar refractivity (Wildman–Crippen MR) is 74.0 cm³/mol. The third-order valence-corrected chi connectivity index (χ3v) is 2.69. The quantitative estimate of drug-likeness (QED) is 0.853. The third-order valence-electron chi connectivity index (χ3n) is 2.69.